The Bertz CT molecular complexity index is 666. The fraction of sp³-hybridized carbons (Fsp3) is 0.353. The van der Waals surface area contributed by atoms with E-state index in [1.807, 2.05) is 0 Å². The van der Waals surface area contributed by atoms with Gasteiger partial charge in [0.1, 0.15) is 5.82 Å². The minimum atomic E-state index is -0.285. The largest absolute Gasteiger partial charge is 0.396 e. The second kappa shape index (κ2) is 6.58. The van der Waals surface area contributed by atoms with Crippen LogP contribution in [0.5, 0.6) is 0 Å². The summed E-state index contributed by atoms with van der Waals surface area (Å²) in [5, 5.41) is 12.1. The molecule has 1 aromatic heterocycles. The average molecular weight is 319 g/mol. The van der Waals surface area contributed by atoms with Gasteiger partial charge in [-0.2, -0.15) is 0 Å². The lowest BCUT2D eigenvalue weighted by molar-refractivity contribution is 0.0928. The quantitative estimate of drug-likeness (QED) is 0.857. The number of carbonyl (C=O) groups excluding carboxylic acids is 1. The number of aliphatic hydroxyl groups is 1. The van der Waals surface area contributed by atoms with Crippen LogP contribution < -0.4 is 5.32 Å². The molecule has 0 radical (unpaired) electrons. The first kappa shape index (κ1) is 15.2. The van der Waals surface area contributed by atoms with Gasteiger partial charge >= 0.3 is 0 Å². The van der Waals surface area contributed by atoms with E-state index in [1.54, 1.807) is 30.3 Å². The lowest BCUT2D eigenvalue weighted by Gasteiger charge is -2.16. The van der Waals surface area contributed by atoms with Crippen molar-refractivity contribution in [1.29, 1.82) is 0 Å². The SMILES string of the molecule is O=C(NC(CCO)C1CC1)c1ccc(-c2ccccc2F)s1. The first-order valence-electron chi connectivity index (χ1n) is 7.45. The second-order valence-electron chi connectivity index (χ2n) is 5.57. The Morgan fingerprint density at radius 1 is 1.32 bits per heavy atom. The van der Waals surface area contributed by atoms with Crippen LogP contribution in [0.15, 0.2) is 36.4 Å². The van der Waals surface area contributed by atoms with E-state index in [2.05, 4.69) is 5.32 Å². The van der Waals surface area contributed by atoms with Crippen LogP contribution in [0.3, 0.4) is 0 Å². The zero-order valence-corrected chi connectivity index (χ0v) is 12.9. The van der Waals surface area contributed by atoms with Crippen molar-refractivity contribution >= 4 is 17.2 Å². The van der Waals surface area contributed by atoms with Gasteiger partial charge in [0.25, 0.3) is 5.91 Å². The molecule has 0 bridgehead atoms. The van der Waals surface area contributed by atoms with E-state index in [-0.39, 0.29) is 24.4 Å². The first-order valence-corrected chi connectivity index (χ1v) is 8.27. The van der Waals surface area contributed by atoms with Crippen LogP contribution in [0.25, 0.3) is 10.4 Å². The maximum Gasteiger partial charge on any atom is 0.261 e. The van der Waals surface area contributed by atoms with E-state index in [0.29, 0.717) is 22.8 Å². The minimum Gasteiger partial charge on any atom is -0.396 e. The van der Waals surface area contributed by atoms with Crippen LogP contribution in [0, 0.1) is 11.7 Å². The molecule has 0 spiro atoms. The fourth-order valence-corrected chi connectivity index (χ4v) is 3.50. The number of nitrogens with one attached hydrogen (secondary N) is 1. The second-order valence-corrected chi connectivity index (χ2v) is 6.66. The summed E-state index contributed by atoms with van der Waals surface area (Å²) in [5.41, 5.74) is 0.514. The average Bonchev–Trinajstić information content (AvgIpc) is 3.24. The van der Waals surface area contributed by atoms with Crippen molar-refractivity contribution in [2.75, 3.05) is 6.61 Å². The van der Waals surface area contributed by atoms with Crippen molar-refractivity contribution < 1.29 is 14.3 Å². The fourth-order valence-electron chi connectivity index (χ4n) is 2.57. The molecule has 5 heteroatoms. The highest BCUT2D eigenvalue weighted by Crippen LogP contribution is 2.35. The molecule has 1 aliphatic carbocycles. The topological polar surface area (TPSA) is 49.3 Å². The number of hydrogen-bond donors (Lipinski definition) is 2. The monoisotopic (exact) mass is 319 g/mol. The summed E-state index contributed by atoms with van der Waals surface area (Å²) in [6, 6.07) is 10.1. The summed E-state index contributed by atoms with van der Waals surface area (Å²) in [6.45, 7) is 0.0758. The van der Waals surface area contributed by atoms with Gasteiger partial charge in [-0.25, -0.2) is 4.39 Å². The van der Waals surface area contributed by atoms with Crippen molar-refractivity contribution in [3.63, 3.8) is 0 Å². The molecule has 0 saturated heterocycles. The lowest BCUT2D eigenvalue weighted by Crippen LogP contribution is -2.36. The molecule has 1 atom stereocenters. The van der Waals surface area contributed by atoms with Crippen molar-refractivity contribution in [3.8, 4) is 10.4 Å². The Kier molecular flexibility index (Phi) is 4.55. The standard InChI is InChI=1S/C17H18FNO2S/c18-13-4-2-1-3-12(13)15-7-8-16(22-15)17(21)19-14(9-10-20)11-5-6-11/h1-4,7-8,11,14,20H,5-6,9-10H2,(H,19,21). The van der Waals surface area contributed by atoms with Gasteiger partial charge in [-0.05, 0) is 43.4 Å². The predicted octanol–water partition coefficient (Wildman–Crippen LogP) is 3.45. The van der Waals surface area contributed by atoms with E-state index < -0.39 is 0 Å². The summed E-state index contributed by atoms with van der Waals surface area (Å²) in [7, 11) is 0. The van der Waals surface area contributed by atoms with Crippen molar-refractivity contribution in [2.24, 2.45) is 5.92 Å². The highest BCUT2D eigenvalue weighted by molar-refractivity contribution is 7.17. The van der Waals surface area contributed by atoms with Gasteiger partial charge < -0.3 is 10.4 Å². The highest BCUT2D eigenvalue weighted by Gasteiger charge is 2.32. The molecular formula is C17H18FNO2S. The van der Waals surface area contributed by atoms with Crippen LogP contribution >= 0.6 is 11.3 Å². The number of carbonyl (C=O) groups is 1. The van der Waals surface area contributed by atoms with Gasteiger partial charge in [0.15, 0.2) is 0 Å². The van der Waals surface area contributed by atoms with Crippen LogP contribution in [-0.4, -0.2) is 23.7 Å². The molecule has 3 rings (SSSR count). The Labute approximate surface area is 132 Å². The Morgan fingerprint density at radius 2 is 2.09 bits per heavy atom. The molecule has 1 heterocycles. The smallest absolute Gasteiger partial charge is 0.261 e. The molecule has 1 fully saturated rings. The third-order valence-electron chi connectivity index (χ3n) is 3.92. The third-order valence-corrected chi connectivity index (χ3v) is 5.03. The molecule has 0 aliphatic heterocycles. The van der Waals surface area contributed by atoms with E-state index in [9.17, 15) is 9.18 Å². The number of amides is 1. The van der Waals surface area contributed by atoms with Crippen LogP contribution in [0.4, 0.5) is 4.39 Å². The summed E-state index contributed by atoms with van der Waals surface area (Å²) in [6.07, 6.45) is 2.80. The summed E-state index contributed by atoms with van der Waals surface area (Å²) in [4.78, 5) is 13.6. The number of benzene rings is 1. The number of hydrogen-bond acceptors (Lipinski definition) is 3. The van der Waals surface area contributed by atoms with Gasteiger partial charge in [0.2, 0.25) is 0 Å². The van der Waals surface area contributed by atoms with Gasteiger partial charge in [-0.3, -0.25) is 4.79 Å². The summed E-state index contributed by atoms with van der Waals surface area (Å²) in [5.74, 6) is 0.0625. The number of thiophene rings is 1. The molecule has 116 valence electrons. The maximum atomic E-state index is 13.8. The van der Waals surface area contributed by atoms with Crippen LogP contribution in [0.1, 0.15) is 28.9 Å². The number of halogens is 1. The molecule has 3 nitrogen and oxygen atoms in total. The van der Waals surface area contributed by atoms with Crippen molar-refractivity contribution in [2.45, 2.75) is 25.3 Å². The normalized spacial score (nSPS) is 15.5. The Balaban J connectivity index is 1.73. The van der Waals surface area contributed by atoms with Gasteiger partial charge in [-0.1, -0.05) is 18.2 Å². The zero-order valence-electron chi connectivity index (χ0n) is 12.1. The zero-order chi connectivity index (χ0) is 15.5. The lowest BCUT2D eigenvalue weighted by atomic mass is 10.1. The molecule has 2 N–H and O–H groups in total. The van der Waals surface area contributed by atoms with E-state index >= 15 is 0 Å². The molecule has 1 aliphatic rings. The summed E-state index contributed by atoms with van der Waals surface area (Å²) < 4.78 is 13.8. The van der Waals surface area contributed by atoms with Crippen molar-refractivity contribution in [1.82, 2.24) is 5.32 Å². The molecular weight excluding hydrogens is 301 g/mol. The Morgan fingerprint density at radius 3 is 2.77 bits per heavy atom. The minimum absolute atomic E-state index is 0.0384. The van der Waals surface area contributed by atoms with Gasteiger partial charge in [0, 0.05) is 23.1 Å². The molecule has 1 amide bonds. The van der Waals surface area contributed by atoms with Gasteiger partial charge in [0.05, 0.1) is 4.88 Å². The molecule has 1 unspecified atom stereocenters. The van der Waals surface area contributed by atoms with E-state index in [0.717, 1.165) is 17.7 Å². The first-order chi connectivity index (χ1) is 10.7. The predicted molar refractivity (Wildman–Crippen MR) is 85.4 cm³/mol. The summed E-state index contributed by atoms with van der Waals surface area (Å²) >= 11 is 1.29. The number of aliphatic hydroxyl groups excluding tert-OH is 1. The molecule has 1 aromatic carbocycles. The molecule has 1 saturated carbocycles. The third kappa shape index (κ3) is 3.36. The van der Waals surface area contributed by atoms with E-state index in [1.165, 1.54) is 17.4 Å². The highest BCUT2D eigenvalue weighted by atomic mass is 32.1. The molecule has 2 aromatic rings. The van der Waals surface area contributed by atoms with Crippen LogP contribution in [0.2, 0.25) is 0 Å². The van der Waals surface area contributed by atoms with Crippen molar-refractivity contribution in [3.05, 3.63) is 47.1 Å². The maximum absolute atomic E-state index is 13.8. The van der Waals surface area contributed by atoms with Crippen LogP contribution in [-0.2, 0) is 0 Å². The molecule has 22 heavy (non-hydrogen) atoms. The Hall–Kier alpha value is -1.72. The van der Waals surface area contributed by atoms with E-state index in [4.69, 9.17) is 5.11 Å². The van der Waals surface area contributed by atoms with Gasteiger partial charge in [-0.15, -0.1) is 11.3 Å². The number of rotatable bonds is 6.